The second-order valence-electron chi connectivity index (χ2n) is 8.81. The second-order valence-corrected chi connectivity index (χ2v) is 9.24. The van der Waals surface area contributed by atoms with Crippen LogP contribution in [0.4, 0.5) is 0 Å². The molecule has 2 aromatic carbocycles. The van der Waals surface area contributed by atoms with Crippen LogP contribution in [0.15, 0.2) is 48.5 Å². The summed E-state index contributed by atoms with van der Waals surface area (Å²) in [5, 5.41) is 7.04. The van der Waals surface area contributed by atoms with Gasteiger partial charge in [-0.1, -0.05) is 54.9 Å². The lowest BCUT2D eigenvalue weighted by molar-refractivity contribution is -0.138. The van der Waals surface area contributed by atoms with Gasteiger partial charge in [-0.2, -0.15) is 0 Å². The molecule has 6 heteroatoms. The lowest BCUT2D eigenvalue weighted by Crippen LogP contribution is -2.56. The van der Waals surface area contributed by atoms with Gasteiger partial charge in [-0.3, -0.25) is 9.59 Å². The zero-order valence-electron chi connectivity index (χ0n) is 17.9. The number of rotatable bonds is 5. The zero-order chi connectivity index (χ0) is 21.8. The number of piperidine rings is 1. The second kappa shape index (κ2) is 9.84. The molecule has 2 atom stereocenters. The van der Waals surface area contributed by atoms with Crippen LogP contribution in [0.5, 0.6) is 0 Å². The molecule has 0 bridgehead atoms. The van der Waals surface area contributed by atoms with Crippen molar-refractivity contribution < 1.29 is 9.59 Å². The van der Waals surface area contributed by atoms with E-state index in [9.17, 15) is 9.59 Å². The van der Waals surface area contributed by atoms with Crippen LogP contribution in [0.3, 0.4) is 0 Å². The summed E-state index contributed by atoms with van der Waals surface area (Å²) in [7, 11) is 0. The maximum atomic E-state index is 13.4. The van der Waals surface area contributed by atoms with Crippen LogP contribution in [0.25, 0.3) is 0 Å². The molecule has 2 aliphatic rings. The molecule has 0 unspecified atom stereocenters. The fourth-order valence-electron chi connectivity index (χ4n) is 4.42. The van der Waals surface area contributed by atoms with E-state index in [1.54, 1.807) is 0 Å². The molecule has 1 saturated heterocycles. The van der Waals surface area contributed by atoms with Crippen LogP contribution in [-0.4, -0.2) is 41.9 Å². The van der Waals surface area contributed by atoms with E-state index in [4.69, 9.17) is 11.6 Å². The van der Waals surface area contributed by atoms with Crippen molar-refractivity contribution in [1.82, 2.24) is 15.5 Å². The summed E-state index contributed by atoms with van der Waals surface area (Å²) < 4.78 is 0. The highest BCUT2D eigenvalue weighted by molar-refractivity contribution is 6.30. The van der Waals surface area contributed by atoms with Gasteiger partial charge in [0.2, 0.25) is 11.8 Å². The predicted octanol–water partition coefficient (Wildman–Crippen LogP) is 3.34. The maximum absolute atomic E-state index is 13.4. The number of nitrogens with one attached hydrogen (secondary N) is 2. The Kier molecular flexibility index (Phi) is 6.93. The third-order valence-corrected chi connectivity index (χ3v) is 6.71. The number of nitrogens with zero attached hydrogens (tertiary/aromatic N) is 1. The Bertz CT molecular complexity index is 923. The van der Waals surface area contributed by atoms with Crippen LogP contribution >= 0.6 is 11.6 Å². The van der Waals surface area contributed by atoms with Gasteiger partial charge in [-0.05, 0) is 54.0 Å². The van der Waals surface area contributed by atoms with Crippen molar-refractivity contribution in [2.45, 2.75) is 51.2 Å². The van der Waals surface area contributed by atoms with Gasteiger partial charge >= 0.3 is 0 Å². The summed E-state index contributed by atoms with van der Waals surface area (Å²) in [5.41, 5.74) is 3.39. The predicted molar refractivity (Wildman–Crippen MR) is 123 cm³/mol. The molecule has 0 aromatic heterocycles. The van der Waals surface area contributed by atoms with Crippen molar-refractivity contribution in [2.75, 3.05) is 13.1 Å². The molecule has 2 amide bonds. The molecule has 31 heavy (non-hydrogen) atoms. The average molecular weight is 440 g/mol. The summed E-state index contributed by atoms with van der Waals surface area (Å²) in [6.07, 6.45) is 3.10. The van der Waals surface area contributed by atoms with E-state index in [1.807, 2.05) is 41.3 Å². The maximum Gasteiger partial charge on any atom is 0.245 e. The fraction of sp³-hybridized carbons (Fsp3) is 0.440. The summed E-state index contributed by atoms with van der Waals surface area (Å²) in [4.78, 5) is 28.4. The highest BCUT2D eigenvalue weighted by Crippen LogP contribution is 2.20. The summed E-state index contributed by atoms with van der Waals surface area (Å²) in [5.74, 6) is 0.526. The molecule has 0 saturated carbocycles. The van der Waals surface area contributed by atoms with Gasteiger partial charge in [-0.15, -0.1) is 0 Å². The molecule has 1 fully saturated rings. The van der Waals surface area contributed by atoms with E-state index in [0.29, 0.717) is 30.3 Å². The average Bonchev–Trinajstić information content (AvgIpc) is 2.79. The minimum absolute atomic E-state index is 0.00593. The van der Waals surface area contributed by atoms with E-state index in [0.717, 1.165) is 31.5 Å². The van der Waals surface area contributed by atoms with Gasteiger partial charge in [0.15, 0.2) is 0 Å². The Labute approximate surface area is 189 Å². The minimum atomic E-state index is -0.582. The molecule has 0 aliphatic carbocycles. The van der Waals surface area contributed by atoms with Crippen molar-refractivity contribution in [3.8, 4) is 0 Å². The Balaban J connectivity index is 1.47. The van der Waals surface area contributed by atoms with E-state index >= 15 is 0 Å². The van der Waals surface area contributed by atoms with Crippen LogP contribution in [-0.2, 0) is 29.0 Å². The monoisotopic (exact) mass is 439 g/mol. The Morgan fingerprint density at radius 2 is 1.77 bits per heavy atom. The SMILES string of the molecule is CC1CCN(C(=O)[C@@H](Cc2ccc(Cl)cc2)NC(=O)[C@H]2Cc3ccccc3CN2)CC1. The van der Waals surface area contributed by atoms with Crippen molar-refractivity contribution >= 4 is 23.4 Å². The number of carbonyl (C=O) groups excluding carboxylic acids is 2. The molecule has 164 valence electrons. The van der Waals surface area contributed by atoms with Crippen molar-refractivity contribution in [1.29, 1.82) is 0 Å². The first-order valence-corrected chi connectivity index (χ1v) is 11.5. The number of hydrogen-bond donors (Lipinski definition) is 2. The highest BCUT2D eigenvalue weighted by Gasteiger charge is 2.31. The first-order valence-electron chi connectivity index (χ1n) is 11.1. The molecule has 2 heterocycles. The smallest absolute Gasteiger partial charge is 0.245 e. The lowest BCUT2D eigenvalue weighted by atomic mass is 9.94. The normalized spacial score (nSPS) is 20.1. The van der Waals surface area contributed by atoms with E-state index < -0.39 is 6.04 Å². The Morgan fingerprint density at radius 3 is 2.48 bits per heavy atom. The van der Waals surface area contributed by atoms with Crippen LogP contribution in [0, 0.1) is 5.92 Å². The molecule has 2 aromatic rings. The van der Waals surface area contributed by atoms with E-state index in [2.05, 4.69) is 29.7 Å². The highest BCUT2D eigenvalue weighted by atomic mass is 35.5. The number of hydrogen-bond acceptors (Lipinski definition) is 3. The van der Waals surface area contributed by atoms with Gasteiger partial charge in [0.1, 0.15) is 6.04 Å². The molecule has 0 radical (unpaired) electrons. The third kappa shape index (κ3) is 5.46. The standard InChI is InChI=1S/C25H30ClN3O2/c1-17-10-12-29(13-11-17)25(31)23(14-18-6-8-21(26)9-7-18)28-24(30)22-15-19-4-2-3-5-20(19)16-27-22/h2-9,17,22-23,27H,10-16H2,1H3,(H,28,30)/t22-,23-/m1/s1. The van der Waals surface area contributed by atoms with Crippen molar-refractivity contribution in [2.24, 2.45) is 5.92 Å². The fourth-order valence-corrected chi connectivity index (χ4v) is 4.54. The summed E-state index contributed by atoms with van der Waals surface area (Å²) >= 11 is 6.02. The number of benzene rings is 2. The van der Waals surface area contributed by atoms with Gasteiger partial charge in [-0.25, -0.2) is 0 Å². The quantitative estimate of drug-likeness (QED) is 0.751. The molecule has 0 spiro atoms. The zero-order valence-corrected chi connectivity index (χ0v) is 18.7. The summed E-state index contributed by atoms with van der Waals surface area (Å²) in [6.45, 7) is 4.39. The van der Waals surface area contributed by atoms with Gasteiger partial charge < -0.3 is 15.5 Å². The van der Waals surface area contributed by atoms with E-state index in [1.165, 1.54) is 11.1 Å². The molecule has 2 aliphatic heterocycles. The first kappa shape index (κ1) is 21.8. The Hall–Kier alpha value is -2.37. The first-order chi connectivity index (χ1) is 15.0. The van der Waals surface area contributed by atoms with Crippen LogP contribution < -0.4 is 10.6 Å². The summed E-state index contributed by atoms with van der Waals surface area (Å²) in [6, 6.07) is 14.7. The number of carbonyl (C=O) groups is 2. The van der Waals surface area contributed by atoms with Gasteiger partial charge in [0, 0.05) is 31.1 Å². The van der Waals surface area contributed by atoms with E-state index in [-0.39, 0.29) is 17.9 Å². The van der Waals surface area contributed by atoms with Crippen molar-refractivity contribution in [3.63, 3.8) is 0 Å². The van der Waals surface area contributed by atoms with Gasteiger partial charge in [0.25, 0.3) is 0 Å². The minimum Gasteiger partial charge on any atom is -0.343 e. The number of amides is 2. The van der Waals surface area contributed by atoms with Crippen molar-refractivity contribution in [3.05, 3.63) is 70.2 Å². The number of halogens is 1. The Morgan fingerprint density at radius 1 is 1.10 bits per heavy atom. The number of likely N-dealkylation sites (tertiary alicyclic amines) is 1. The molecule has 2 N–H and O–H groups in total. The lowest BCUT2D eigenvalue weighted by Gasteiger charge is -2.34. The van der Waals surface area contributed by atoms with Crippen LogP contribution in [0.2, 0.25) is 5.02 Å². The van der Waals surface area contributed by atoms with Gasteiger partial charge in [0.05, 0.1) is 6.04 Å². The topological polar surface area (TPSA) is 61.4 Å². The largest absolute Gasteiger partial charge is 0.343 e. The third-order valence-electron chi connectivity index (χ3n) is 6.46. The van der Waals surface area contributed by atoms with Crippen LogP contribution in [0.1, 0.15) is 36.5 Å². The molecular weight excluding hydrogens is 410 g/mol. The molecular formula is C25H30ClN3O2. The number of fused-ring (bicyclic) bond motifs is 1. The molecule has 4 rings (SSSR count). The molecule has 5 nitrogen and oxygen atoms in total.